The number of aliphatic hydroxyl groups is 1. The van der Waals surface area contributed by atoms with E-state index in [4.69, 9.17) is 0 Å². The summed E-state index contributed by atoms with van der Waals surface area (Å²) in [4.78, 5) is 26.9. The Labute approximate surface area is 153 Å². The SMILES string of the molecule is Cc1ccc(CNC(=O)[C@@H]2C[C@@H](O)CN2C(=O)c2cccc(C)c2)cc1. The highest BCUT2D eigenvalue weighted by Crippen LogP contribution is 2.21. The van der Waals surface area contributed by atoms with Crippen molar-refractivity contribution < 1.29 is 14.7 Å². The molecule has 5 nitrogen and oxygen atoms in total. The van der Waals surface area contributed by atoms with Gasteiger partial charge in [0.05, 0.1) is 6.10 Å². The Morgan fingerprint density at radius 3 is 2.54 bits per heavy atom. The number of carbonyl (C=O) groups excluding carboxylic acids is 2. The first-order valence-electron chi connectivity index (χ1n) is 8.83. The van der Waals surface area contributed by atoms with Crippen LogP contribution in [0.4, 0.5) is 0 Å². The van der Waals surface area contributed by atoms with Gasteiger partial charge in [0.1, 0.15) is 6.04 Å². The molecule has 1 aliphatic heterocycles. The highest BCUT2D eigenvalue weighted by atomic mass is 16.3. The third-order valence-electron chi connectivity index (χ3n) is 4.69. The average Bonchev–Trinajstić information content (AvgIpc) is 3.02. The zero-order valence-corrected chi connectivity index (χ0v) is 15.1. The lowest BCUT2D eigenvalue weighted by Gasteiger charge is -2.24. The Bertz CT molecular complexity index is 801. The van der Waals surface area contributed by atoms with E-state index in [1.165, 1.54) is 4.90 Å². The van der Waals surface area contributed by atoms with E-state index in [1.54, 1.807) is 12.1 Å². The lowest BCUT2D eigenvalue weighted by Crippen LogP contribution is -2.45. The van der Waals surface area contributed by atoms with E-state index in [9.17, 15) is 14.7 Å². The second kappa shape index (κ2) is 7.70. The van der Waals surface area contributed by atoms with E-state index >= 15 is 0 Å². The molecule has 1 fully saturated rings. The van der Waals surface area contributed by atoms with Crippen LogP contribution in [0.1, 0.15) is 33.5 Å². The van der Waals surface area contributed by atoms with Gasteiger partial charge in [-0.1, -0.05) is 47.5 Å². The maximum Gasteiger partial charge on any atom is 0.254 e. The number of nitrogens with one attached hydrogen (secondary N) is 1. The number of carbonyl (C=O) groups is 2. The minimum Gasteiger partial charge on any atom is -0.391 e. The fraction of sp³-hybridized carbons (Fsp3) is 0.333. The van der Waals surface area contributed by atoms with Crippen molar-refractivity contribution in [2.24, 2.45) is 0 Å². The van der Waals surface area contributed by atoms with Crippen LogP contribution >= 0.6 is 0 Å². The third-order valence-corrected chi connectivity index (χ3v) is 4.69. The van der Waals surface area contributed by atoms with Crippen molar-refractivity contribution in [2.75, 3.05) is 6.54 Å². The van der Waals surface area contributed by atoms with E-state index in [0.717, 1.165) is 16.7 Å². The molecule has 0 aromatic heterocycles. The molecule has 0 unspecified atom stereocenters. The summed E-state index contributed by atoms with van der Waals surface area (Å²) in [6.45, 7) is 4.51. The van der Waals surface area contributed by atoms with Crippen molar-refractivity contribution in [3.05, 3.63) is 70.8 Å². The standard InChI is InChI=1S/C21H24N2O3/c1-14-6-8-16(9-7-14)12-22-20(25)19-11-18(24)13-23(19)21(26)17-5-3-4-15(2)10-17/h3-10,18-19,24H,11-13H2,1-2H3,(H,22,25)/t18-,19+/m1/s1. The summed E-state index contributed by atoms with van der Waals surface area (Å²) in [6, 6.07) is 14.5. The highest BCUT2D eigenvalue weighted by Gasteiger charge is 2.39. The highest BCUT2D eigenvalue weighted by molar-refractivity contribution is 5.98. The number of nitrogens with zero attached hydrogens (tertiary/aromatic N) is 1. The van der Waals surface area contributed by atoms with Crippen molar-refractivity contribution in [3.8, 4) is 0 Å². The Morgan fingerprint density at radius 2 is 1.85 bits per heavy atom. The van der Waals surface area contributed by atoms with Gasteiger partial charge in [-0.3, -0.25) is 9.59 Å². The van der Waals surface area contributed by atoms with E-state index < -0.39 is 12.1 Å². The predicted molar refractivity (Wildman–Crippen MR) is 99.7 cm³/mol. The van der Waals surface area contributed by atoms with Gasteiger partial charge in [0.15, 0.2) is 0 Å². The molecule has 2 amide bonds. The Balaban J connectivity index is 1.69. The first-order valence-corrected chi connectivity index (χ1v) is 8.83. The van der Waals surface area contributed by atoms with Crippen LogP contribution in [-0.4, -0.2) is 40.5 Å². The van der Waals surface area contributed by atoms with Gasteiger partial charge >= 0.3 is 0 Å². The van der Waals surface area contributed by atoms with E-state index in [2.05, 4.69) is 5.32 Å². The Morgan fingerprint density at radius 1 is 1.12 bits per heavy atom. The van der Waals surface area contributed by atoms with Crippen molar-refractivity contribution >= 4 is 11.8 Å². The summed E-state index contributed by atoms with van der Waals surface area (Å²) in [5.74, 6) is -0.455. The number of aliphatic hydroxyl groups excluding tert-OH is 1. The van der Waals surface area contributed by atoms with Gasteiger partial charge in [0.25, 0.3) is 5.91 Å². The zero-order valence-electron chi connectivity index (χ0n) is 15.1. The zero-order chi connectivity index (χ0) is 18.7. The molecule has 0 radical (unpaired) electrons. The van der Waals surface area contributed by atoms with Crippen LogP contribution in [0.3, 0.4) is 0 Å². The Hall–Kier alpha value is -2.66. The molecule has 2 aromatic rings. The molecular weight excluding hydrogens is 328 g/mol. The van der Waals surface area contributed by atoms with Crippen LogP contribution in [-0.2, 0) is 11.3 Å². The van der Waals surface area contributed by atoms with Gasteiger partial charge in [-0.25, -0.2) is 0 Å². The van der Waals surface area contributed by atoms with Gasteiger partial charge in [0.2, 0.25) is 5.91 Å². The predicted octanol–water partition coefficient (Wildman–Crippen LogP) is 2.20. The summed E-state index contributed by atoms with van der Waals surface area (Å²) in [7, 11) is 0. The van der Waals surface area contributed by atoms with Crippen LogP contribution < -0.4 is 5.32 Å². The van der Waals surface area contributed by atoms with Crippen LogP contribution in [0, 0.1) is 13.8 Å². The number of benzene rings is 2. The maximum atomic E-state index is 12.8. The van der Waals surface area contributed by atoms with Crippen LogP contribution in [0.2, 0.25) is 0 Å². The molecule has 0 saturated carbocycles. The van der Waals surface area contributed by atoms with Crippen LogP contribution in [0.5, 0.6) is 0 Å². The van der Waals surface area contributed by atoms with Crippen molar-refractivity contribution in [2.45, 2.75) is 39.0 Å². The first-order chi connectivity index (χ1) is 12.4. The van der Waals surface area contributed by atoms with Gasteiger partial charge < -0.3 is 15.3 Å². The van der Waals surface area contributed by atoms with Gasteiger partial charge in [0, 0.05) is 25.1 Å². The molecule has 0 aliphatic carbocycles. The number of hydrogen-bond donors (Lipinski definition) is 2. The lowest BCUT2D eigenvalue weighted by molar-refractivity contribution is -0.125. The fourth-order valence-electron chi connectivity index (χ4n) is 3.24. The summed E-state index contributed by atoms with van der Waals surface area (Å²) in [5.41, 5.74) is 3.68. The molecular formula is C21H24N2O3. The first kappa shape index (κ1) is 18.1. The molecule has 5 heteroatoms. The molecule has 2 atom stereocenters. The number of β-amino-alcohol motifs (C(OH)–C–C–N with tert-alkyl or cyclic N) is 1. The van der Waals surface area contributed by atoms with E-state index in [-0.39, 0.29) is 24.8 Å². The number of rotatable bonds is 4. The smallest absolute Gasteiger partial charge is 0.254 e. The summed E-state index contributed by atoms with van der Waals surface area (Å²) >= 11 is 0. The summed E-state index contributed by atoms with van der Waals surface area (Å²) in [6.07, 6.45) is -0.420. The van der Waals surface area contributed by atoms with Gasteiger partial charge in [-0.05, 0) is 31.5 Å². The average molecular weight is 352 g/mol. The molecule has 2 aromatic carbocycles. The Kier molecular flexibility index (Phi) is 5.38. The molecule has 1 heterocycles. The van der Waals surface area contributed by atoms with E-state index in [0.29, 0.717) is 12.1 Å². The topological polar surface area (TPSA) is 69.6 Å². The molecule has 1 saturated heterocycles. The monoisotopic (exact) mass is 352 g/mol. The molecule has 136 valence electrons. The van der Waals surface area contributed by atoms with Crippen LogP contribution in [0.25, 0.3) is 0 Å². The molecule has 3 rings (SSSR count). The number of amides is 2. The molecule has 0 spiro atoms. The quantitative estimate of drug-likeness (QED) is 0.886. The number of hydrogen-bond acceptors (Lipinski definition) is 3. The van der Waals surface area contributed by atoms with Crippen molar-refractivity contribution in [1.29, 1.82) is 0 Å². The molecule has 0 bridgehead atoms. The second-order valence-corrected chi connectivity index (χ2v) is 6.94. The number of likely N-dealkylation sites (tertiary alicyclic amines) is 1. The fourth-order valence-corrected chi connectivity index (χ4v) is 3.24. The minimum atomic E-state index is -0.682. The molecule has 26 heavy (non-hydrogen) atoms. The normalized spacial score (nSPS) is 19.4. The molecule has 1 aliphatic rings. The maximum absolute atomic E-state index is 12.8. The summed E-state index contributed by atoms with van der Waals surface area (Å²) < 4.78 is 0. The van der Waals surface area contributed by atoms with Gasteiger partial charge in [-0.15, -0.1) is 0 Å². The largest absolute Gasteiger partial charge is 0.391 e. The third kappa shape index (κ3) is 4.11. The van der Waals surface area contributed by atoms with Crippen LogP contribution in [0.15, 0.2) is 48.5 Å². The van der Waals surface area contributed by atoms with Gasteiger partial charge in [-0.2, -0.15) is 0 Å². The minimum absolute atomic E-state index is 0.176. The summed E-state index contributed by atoms with van der Waals surface area (Å²) in [5, 5.41) is 12.9. The number of aryl methyl sites for hydroxylation is 2. The van der Waals surface area contributed by atoms with E-state index in [1.807, 2.05) is 50.2 Å². The molecule has 2 N–H and O–H groups in total. The second-order valence-electron chi connectivity index (χ2n) is 6.94. The van der Waals surface area contributed by atoms with Crippen molar-refractivity contribution in [3.63, 3.8) is 0 Å². The lowest BCUT2D eigenvalue weighted by atomic mass is 10.1. The van der Waals surface area contributed by atoms with Crippen molar-refractivity contribution in [1.82, 2.24) is 10.2 Å².